The number of sulfonamides is 1. The van der Waals surface area contributed by atoms with Crippen molar-refractivity contribution < 1.29 is 8.42 Å². The van der Waals surface area contributed by atoms with Gasteiger partial charge in [-0.1, -0.05) is 45.7 Å². The molecule has 1 N–H and O–H groups in total. The van der Waals surface area contributed by atoms with Gasteiger partial charge in [-0.25, -0.2) is 18.1 Å². The lowest BCUT2D eigenvalue weighted by Gasteiger charge is -2.06. The first-order valence-corrected chi connectivity index (χ1v) is 7.00. The van der Waals surface area contributed by atoms with E-state index < -0.39 is 10.0 Å². The highest BCUT2D eigenvalue weighted by molar-refractivity contribution is 9.11. The minimum Gasteiger partial charge on any atom is -0.242 e. The molecule has 0 saturated carbocycles. The van der Waals surface area contributed by atoms with Gasteiger partial charge in [0.05, 0.1) is 5.02 Å². The Balaban J connectivity index is 2.99. The highest BCUT2D eigenvalue weighted by atomic mass is 79.9. The highest BCUT2D eigenvalue weighted by Crippen LogP contribution is 2.22. The Labute approximate surface area is 112 Å². The number of aromatic nitrogens is 1. The van der Waals surface area contributed by atoms with Gasteiger partial charge in [-0.05, 0) is 6.07 Å². The van der Waals surface area contributed by atoms with E-state index in [1.165, 1.54) is 6.07 Å². The van der Waals surface area contributed by atoms with Crippen LogP contribution in [0.25, 0.3) is 0 Å². The first-order chi connectivity index (χ1) is 7.33. The standard InChI is InChI=1S/C8H7BrCl2N2O2S/c1-5(9)3-13-16(14,15)6-2-7(10)8(11)12-4-6/h2,4,13H,1,3H2. The fourth-order valence-electron chi connectivity index (χ4n) is 0.807. The number of hydrogen-bond acceptors (Lipinski definition) is 3. The van der Waals surface area contributed by atoms with E-state index in [1.54, 1.807) is 0 Å². The summed E-state index contributed by atoms with van der Waals surface area (Å²) in [7, 11) is -3.64. The zero-order chi connectivity index (χ0) is 12.3. The molecule has 16 heavy (non-hydrogen) atoms. The summed E-state index contributed by atoms with van der Waals surface area (Å²) >= 11 is 14.3. The Morgan fingerprint density at radius 2 is 2.19 bits per heavy atom. The molecule has 0 radical (unpaired) electrons. The summed E-state index contributed by atoms with van der Waals surface area (Å²) < 4.78 is 26.2. The van der Waals surface area contributed by atoms with Gasteiger partial charge in [0.25, 0.3) is 0 Å². The molecule has 1 aromatic heterocycles. The molecule has 4 nitrogen and oxygen atoms in total. The zero-order valence-corrected chi connectivity index (χ0v) is 11.8. The fourth-order valence-corrected chi connectivity index (χ4v) is 2.46. The first kappa shape index (κ1) is 13.9. The molecule has 0 aliphatic heterocycles. The fraction of sp³-hybridized carbons (Fsp3) is 0.125. The minimum absolute atomic E-state index is 0.0457. The van der Waals surface area contributed by atoms with Gasteiger partial charge in [-0.15, -0.1) is 0 Å². The number of hydrogen-bond donors (Lipinski definition) is 1. The SMILES string of the molecule is C=C(Br)CNS(=O)(=O)c1cnc(Cl)c(Cl)c1. The summed E-state index contributed by atoms with van der Waals surface area (Å²) in [5.41, 5.74) is 0. The van der Waals surface area contributed by atoms with E-state index in [2.05, 4.69) is 32.2 Å². The second-order valence-electron chi connectivity index (χ2n) is 2.79. The molecular formula is C8H7BrCl2N2O2S. The monoisotopic (exact) mass is 344 g/mol. The Kier molecular flexibility index (Phi) is 4.75. The Hall–Kier alpha value is -0.140. The number of halogens is 3. The van der Waals surface area contributed by atoms with E-state index in [1.807, 2.05) is 0 Å². The molecule has 0 atom stereocenters. The maximum atomic E-state index is 11.7. The van der Waals surface area contributed by atoms with Gasteiger partial charge in [0.15, 0.2) is 0 Å². The van der Waals surface area contributed by atoms with Crippen LogP contribution in [0.4, 0.5) is 0 Å². The number of pyridine rings is 1. The molecule has 0 spiro atoms. The number of rotatable bonds is 4. The van der Waals surface area contributed by atoms with Crippen molar-refractivity contribution in [2.75, 3.05) is 6.54 Å². The largest absolute Gasteiger partial charge is 0.242 e. The first-order valence-electron chi connectivity index (χ1n) is 3.97. The molecule has 0 fully saturated rings. The van der Waals surface area contributed by atoms with Gasteiger partial charge < -0.3 is 0 Å². The highest BCUT2D eigenvalue weighted by Gasteiger charge is 2.15. The van der Waals surface area contributed by atoms with Crippen molar-refractivity contribution in [3.05, 3.63) is 33.5 Å². The number of nitrogens with one attached hydrogen (secondary N) is 1. The van der Waals surface area contributed by atoms with E-state index in [9.17, 15) is 8.42 Å². The molecule has 0 unspecified atom stereocenters. The maximum Gasteiger partial charge on any atom is 0.242 e. The van der Waals surface area contributed by atoms with Crippen molar-refractivity contribution in [2.24, 2.45) is 0 Å². The van der Waals surface area contributed by atoms with Crippen LogP contribution >= 0.6 is 39.1 Å². The van der Waals surface area contributed by atoms with Crippen LogP contribution in [0.15, 0.2) is 28.2 Å². The molecule has 1 aromatic rings. The van der Waals surface area contributed by atoms with Crippen LogP contribution in [0.5, 0.6) is 0 Å². The molecular weight excluding hydrogens is 339 g/mol. The predicted octanol–water partition coefficient (Wildman–Crippen LogP) is 2.58. The molecule has 8 heteroatoms. The Morgan fingerprint density at radius 3 is 2.69 bits per heavy atom. The quantitative estimate of drug-likeness (QED) is 0.853. The number of nitrogens with zero attached hydrogens (tertiary/aromatic N) is 1. The van der Waals surface area contributed by atoms with E-state index in [0.717, 1.165) is 6.20 Å². The van der Waals surface area contributed by atoms with E-state index in [4.69, 9.17) is 23.2 Å². The second kappa shape index (κ2) is 5.46. The van der Waals surface area contributed by atoms with Crippen LogP contribution in [0, 0.1) is 0 Å². The van der Waals surface area contributed by atoms with Crippen molar-refractivity contribution in [3.63, 3.8) is 0 Å². The van der Waals surface area contributed by atoms with Gasteiger partial charge in [0.2, 0.25) is 10.0 Å². The normalized spacial score (nSPS) is 11.4. The van der Waals surface area contributed by atoms with Gasteiger partial charge in [-0.2, -0.15) is 0 Å². The summed E-state index contributed by atoms with van der Waals surface area (Å²) in [6.07, 6.45) is 1.13. The van der Waals surface area contributed by atoms with Gasteiger partial charge in [-0.3, -0.25) is 0 Å². The van der Waals surface area contributed by atoms with Gasteiger partial charge in [0, 0.05) is 17.2 Å². The van der Waals surface area contributed by atoms with Crippen molar-refractivity contribution in [2.45, 2.75) is 4.90 Å². The molecule has 0 aliphatic carbocycles. The minimum atomic E-state index is -3.64. The summed E-state index contributed by atoms with van der Waals surface area (Å²) in [6, 6.07) is 1.23. The molecule has 0 bridgehead atoms. The summed E-state index contributed by atoms with van der Waals surface area (Å²) in [4.78, 5) is 3.61. The second-order valence-corrected chi connectivity index (χ2v) is 6.44. The van der Waals surface area contributed by atoms with Crippen LogP contribution in [0.1, 0.15) is 0 Å². The van der Waals surface area contributed by atoms with Crippen molar-refractivity contribution >= 4 is 49.2 Å². The molecule has 1 rings (SSSR count). The van der Waals surface area contributed by atoms with Crippen LogP contribution < -0.4 is 4.72 Å². The van der Waals surface area contributed by atoms with E-state index in [0.29, 0.717) is 4.48 Å². The Bertz CT molecular complexity index is 519. The maximum absolute atomic E-state index is 11.7. The molecule has 0 saturated heterocycles. The molecule has 88 valence electrons. The third kappa shape index (κ3) is 3.71. The lowest BCUT2D eigenvalue weighted by Crippen LogP contribution is -2.24. The molecule has 0 amide bonds. The third-order valence-corrected chi connectivity index (χ3v) is 3.87. The van der Waals surface area contributed by atoms with E-state index >= 15 is 0 Å². The van der Waals surface area contributed by atoms with Crippen molar-refractivity contribution in [1.82, 2.24) is 9.71 Å². The van der Waals surface area contributed by atoms with E-state index in [-0.39, 0.29) is 21.6 Å². The molecule has 0 aliphatic rings. The lowest BCUT2D eigenvalue weighted by atomic mass is 10.5. The zero-order valence-electron chi connectivity index (χ0n) is 7.87. The topological polar surface area (TPSA) is 59.1 Å². The summed E-state index contributed by atoms with van der Waals surface area (Å²) in [6.45, 7) is 3.60. The molecule has 0 aromatic carbocycles. The Morgan fingerprint density at radius 1 is 1.56 bits per heavy atom. The average molecular weight is 346 g/mol. The average Bonchev–Trinajstić information content (AvgIpc) is 2.19. The van der Waals surface area contributed by atoms with Gasteiger partial charge in [0.1, 0.15) is 10.0 Å². The van der Waals surface area contributed by atoms with Gasteiger partial charge >= 0.3 is 0 Å². The predicted molar refractivity (Wildman–Crippen MR) is 67.5 cm³/mol. The molecule has 1 heterocycles. The third-order valence-electron chi connectivity index (χ3n) is 1.54. The summed E-state index contributed by atoms with van der Waals surface area (Å²) in [5.74, 6) is 0. The lowest BCUT2D eigenvalue weighted by molar-refractivity contribution is 0.585. The van der Waals surface area contributed by atoms with Crippen LogP contribution in [0.2, 0.25) is 10.2 Å². The van der Waals surface area contributed by atoms with Crippen LogP contribution in [0.3, 0.4) is 0 Å². The summed E-state index contributed by atoms with van der Waals surface area (Å²) in [5, 5.41) is 0.146. The van der Waals surface area contributed by atoms with Crippen molar-refractivity contribution in [1.29, 1.82) is 0 Å². The van der Waals surface area contributed by atoms with Crippen molar-refractivity contribution in [3.8, 4) is 0 Å². The smallest absolute Gasteiger partial charge is 0.242 e. The van der Waals surface area contributed by atoms with Crippen LogP contribution in [-0.4, -0.2) is 19.9 Å². The van der Waals surface area contributed by atoms with Crippen LogP contribution in [-0.2, 0) is 10.0 Å².